The van der Waals surface area contributed by atoms with Gasteiger partial charge in [0.1, 0.15) is 19.0 Å². The van der Waals surface area contributed by atoms with Crippen LogP contribution in [0.15, 0.2) is 54.6 Å². The Labute approximate surface area is 166 Å². The van der Waals surface area contributed by atoms with Crippen LogP contribution in [-0.4, -0.2) is 11.0 Å². The number of esters is 1. The second kappa shape index (κ2) is 10.5. The first kappa shape index (κ1) is 20.0. The Kier molecular flexibility index (Phi) is 7.53. The smallest absolute Gasteiger partial charge is 0.306 e. The van der Waals surface area contributed by atoms with E-state index in [2.05, 4.69) is 11.9 Å². The average Bonchev–Trinajstić information content (AvgIpc) is 3.13. The zero-order chi connectivity index (χ0) is 19.6. The highest BCUT2D eigenvalue weighted by molar-refractivity contribution is 5.82. The molecule has 0 aliphatic heterocycles. The predicted molar refractivity (Wildman–Crippen MR) is 112 cm³/mol. The number of carbonyl (C=O) groups is 1. The van der Waals surface area contributed by atoms with E-state index in [0.717, 1.165) is 40.8 Å². The van der Waals surface area contributed by atoms with Gasteiger partial charge < -0.3 is 14.5 Å². The first-order chi connectivity index (χ1) is 13.7. The summed E-state index contributed by atoms with van der Waals surface area (Å²) in [4.78, 5) is 15.2. The van der Waals surface area contributed by atoms with Gasteiger partial charge in [-0.2, -0.15) is 0 Å². The van der Waals surface area contributed by atoms with Crippen LogP contribution in [0.3, 0.4) is 0 Å². The monoisotopic (exact) mass is 379 g/mol. The van der Waals surface area contributed by atoms with Crippen molar-refractivity contribution in [3.63, 3.8) is 0 Å². The molecule has 3 aromatic rings. The number of ether oxygens (including phenoxy) is 2. The molecule has 2 aromatic carbocycles. The number of aromatic nitrogens is 1. The number of hydrogen-bond donors (Lipinski definition) is 1. The average molecular weight is 380 g/mol. The summed E-state index contributed by atoms with van der Waals surface area (Å²) >= 11 is 0. The lowest BCUT2D eigenvalue weighted by atomic mass is 10.1. The molecule has 1 aromatic heterocycles. The molecule has 0 radical (unpaired) electrons. The van der Waals surface area contributed by atoms with Gasteiger partial charge in [0.15, 0.2) is 0 Å². The fourth-order valence-corrected chi connectivity index (χ4v) is 3.18. The Bertz CT molecular complexity index is 870. The van der Waals surface area contributed by atoms with E-state index in [9.17, 15) is 4.79 Å². The van der Waals surface area contributed by atoms with Crippen molar-refractivity contribution in [2.75, 3.05) is 0 Å². The van der Waals surface area contributed by atoms with Gasteiger partial charge in [0.05, 0.1) is 5.69 Å². The van der Waals surface area contributed by atoms with Gasteiger partial charge in [0, 0.05) is 17.3 Å². The molecule has 148 valence electrons. The molecule has 3 rings (SSSR count). The van der Waals surface area contributed by atoms with E-state index in [1.54, 1.807) is 0 Å². The maximum absolute atomic E-state index is 11.9. The molecule has 0 aliphatic rings. The second-order valence-electron chi connectivity index (χ2n) is 7.14. The van der Waals surface area contributed by atoms with Crippen molar-refractivity contribution in [2.45, 2.75) is 58.7 Å². The molecular weight excluding hydrogens is 350 g/mol. The number of benzene rings is 2. The fourth-order valence-electron chi connectivity index (χ4n) is 3.18. The normalized spacial score (nSPS) is 10.9. The minimum absolute atomic E-state index is 0.123. The van der Waals surface area contributed by atoms with Gasteiger partial charge in [-0.25, -0.2) is 0 Å². The Balaban J connectivity index is 1.48. The van der Waals surface area contributed by atoms with E-state index < -0.39 is 0 Å². The molecule has 0 atom stereocenters. The maximum atomic E-state index is 11.9. The summed E-state index contributed by atoms with van der Waals surface area (Å²) in [7, 11) is 0. The molecule has 0 spiro atoms. The van der Waals surface area contributed by atoms with Crippen molar-refractivity contribution in [1.29, 1.82) is 0 Å². The van der Waals surface area contributed by atoms with Gasteiger partial charge in [-0.15, -0.1) is 0 Å². The van der Waals surface area contributed by atoms with Gasteiger partial charge in [0.2, 0.25) is 0 Å². The molecule has 4 nitrogen and oxygen atoms in total. The Morgan fingerprint density at radius 3 is 2.57 bits per heavy atom. The van der Waals surface area contributed by atoms with Crippen LogP contribution in [0, 0.1) is 0 Å². The summed E-state index contributed by atoms with van der Waals surface area (Å²) in [6, 6.07) is 18.1. The summed E-state index contributed by atoms with van der Waals surface area (Å²) in [6.45, 7) is 3.01. The summed E-state index contributed by atoms with van der Waals surface area (Å²) in [5.41, 5.74) is 3.05. The van der Waals surface area contributed by atoms with Crippen LogP contribution in [0.2, 0.25) is 0 Å². The number of hydrogen-bond acceptors (Lipinski definition) is 3. The molecule has 28 heavy (non-hydrogen) atoms. The highest BCUT2D eigenvalue weighted by atomic mass is 16.5. The molecule has 0 fully saturated rings. The summed E-state index contributed by atoms with van der Waals surface area (Å²) in [5.74, 6) is 0.702. The number of H-pyrrole nitrogens is 1. The van der Waals surface area contributed by atoms with Crippen LogP contribution in [0.25, 0.3) is 10.9 Å². The van der Waals surface area contributed by atoms with E-state index in [4.69, 9.17) is 9.47 Å². The zero-order valence-corrected chi connectivity index (χ0v) is 16.6. The van der Waals surface area contributed by atoms with E-state index in [0.29, 0.717) is 13.0 Å². The molecule has 1 N–H and O–H groups in total. The van der Waals surface area contributed by atoms with Crippen molar-refractivity contribution in [2.24, 2.45) is 0 Å². The fraction of sp³-hybridized carbons (Fsp3) is 0.375. The lowest BCUT2D eigenvalue weighted by molar-refractivity contribution is -0.145. The number of unbranched alkanes of at least 4 members (excludes halogenated alkanes) is 4. The molecule has 0 saturated heterocycles. The topological polar surface area (TPSA) is 51.3 Å². The summed E-state index contributed by atoms with van der Waals surface area (Å²) in [5, 5.41) is 1.05. The first-order valence-electron chi connectivity index (χ1n) is 10.2. The SMILES string of the molecule is CCCCCCCC(=O)OCc1cc2cc(OCc3ccccc3)ccc2[nH]1. The standard InChI is InChI=1S/C24H29NO3/c1-2-3-4-5-9-12-24(26)28-18-21-15-20-16-22(13-14-23(20)25-21)27-17-19-10-7-6-8-11-19/h6-8,10-11,13-16,25H,2-5,9,12,17-18H2,1H3. The molecule has 1 heterocycles. The van der Waals surface area contributed by atoms with Crippen molar-refractivity contribution < 1.29 is 14.3 Å². The van der Waals surface area contributed by atoms with E-state index in [1.165, 1.54) is 19.3 Å². The quantitative estimate of drug-likeness (QED) is 0.321. The molecule has 0 unspecified atom stereocenters. The van der Waals surface area contributed by atoms with Gasteiger partial charge >= 0.3 is 5.97 Å². The number of fused-ring (bicyclic) bond motifs is 1. The summed E-state index contributed by atoms with van der Waals surface area (Å²) < 4.78 is 11.3. The number of carbonyl (C=O) groups excluding carboxylic acids is 1. The Morgan fingerprint density at radius 1 is 0.929 bits per heavy atom. The molecular formula is C24H29NO3. The lowest BCUT2D eigenvalue weighted by Crippen LogP contribution is -2.04. The number of rotatable bonds is 11. The Hall–Kier alpha value is -2.75. The van der Waals surface area contributed by atoms with Crippen molar-refractivity contribution in [3.05, 3.63) is 65.9 Å². The third-order valence-electron chi connectivity index (χ3n) is 4.77. The van der Waals surface area contributed by atoms with Crippen molar-refractivity contribution >= 4 is 16.9 Å². The first-order valence-corrected chi connectivity index (χ1v) is 10.2. The van der Waals surface area contributed by atoms with E-state index >= 15 is 0 Å². The second-order valence-corrected chi connectivity index (χ2v) is 7.14. The minimum Gasteiger partial charge on any atom is -0.489 e. The molecule has 0 bridgehead atoms. The predicted octanol–water partition coefficient (Wildman–Crippen LogP) is 6.15. The third-order valence-corrected chi connectivity index (χ3v) is 4.77. The summed E-state index contributed by atoms with van der Waals surface area (Å²) in [6.07, 6.45) is 6.15. The van der Waals surface area contributed by atoms with E-state index in [-0.39, 0.29) is 12.6 Å². The van der Waals surface area contributed by atoms with Gasteiger partial charge in [-0.05, 0) is 36.2 Å². The third kappa shape index (κ3) is 6.15. The number of nitrogens with one attached hydrogen (secondary N) is 1. The minimum atomic E-state index is -0.123. The largest absolute Gasteiger partial charge is 0.489 e. The molecule has 0 amide bonds. The van der Waals surface area contributed by atoms with Gasteiger partial charge in [-0.3, -0.25) is 4.79 Å². The van der Waals surface area contributed by atoms with Crippen LogP contribution in [-0.2, 0) is 22.7 Å². The van der Waals surface area contributed by atoms with Gasteiger partial charge in [0.25, 0.3) is 0 Å². The van der Waals surface area contributed by atoms with Crippen LogP contribution in [0.4, 0.5) is 0 Å². The Morgan fingerprint density at radius 2 is 1.75 bits per heavy atom. The highest BCUT2D eigenvalue weighted by Crippen LogP contribution is 2.23. The number of aromatic amines is 1. The highest BCUT2D eigenvalue weighted by Gasteiger charge is 2.07. The molecule has 0 saturated carbocycles. The maximum Gasteiger partial charge on any atom is 0.306 e. The zero-order valence-electron chi connectivity index (χ0n) is 16.6. The lowest BCUT2D eigenvalue weighted by Gasteiger charge is -2.06. The van der Waals surface area contributed by atoms with Crippen LogP contribution in [0.5, 0.6) is 5.75 Å². The van der Waals surface area contributed by atoms with Crippen molar-refractivity contribution in [1.82, 2.24) is 4.98 Å². The molecule has 4 heteroatoms. The van der Waals surface area contributed by atoms with Crippen molar-refractivity contribution in [3.8, 4) is 5.75 Å². The van der Waals surface area contributed by atoms with Gasteiger partial charge in [-0.1, -0.05) is 62.9 Å². The van der Waals surface area contributed by atoms with Crippen LogP contribution < -0.4 is 4.74 Å². The molecule has 0 aliphatic carbocycles. The van der Waals surface area contributed by atoms with Crippen LogP contribution >= 0.6 is 0 Å². The van der Waals surface area contributed by atoms with E-state index in [1.807, 2.05) is 54.6 Å². The van der Waals surface area contributed by atoms with Crippen LogP contribution in [0.1, 0.15) is 56.7 Å².